The lowest BCUT2D eigenvalue weighted by atomic mass is 10.1. The van der Waals surface area contributed by atoms with Crippen molar-refractivity contribution in [2.45, 2.75) is 25.4 Å². The summed E-state index contributed by atoms with van der Waals surface area (Å²) in [5.74, 6) is 0.843. The number of hydrogen-bond donors (Lipinski definition) is 2. The molecule has 2 amide bonds. The van der Waals surface area contributed by atoms with Crippen molar-refractivity contribution in [2.24, 2.45) is 0 Å². The Bertz CT molecular complexity index is 450. The van der Waals surface area contributed by atoms with Crippen molar-refractivity contribution in [1.82, 2.24) is 10.2 Å². The van der Waals surface area contributed by atoms with Crippen LogP contribution in [0.3, 0.4) is 0 Å². The van der Waals surface area contributed by atoms with Crippen LogP contribution >= 0.6 is 0 Å². The van der Waals surface area contributed by atoms with Gasteiger partial charge >= 0.3 is 6.03 Å². The van der Waals surface area contributed by atoms with E-state index in [1.807, 2.05) is 24.3 Å². The van der Waals surface area contributed by atoms with Gasteiger partial charge in [0.1, 0.15) is 5.75 Å². The SMILES string of the molecule is COc1ccccc1CCNC(=O)N1CCCC(O)C1. The molecule has 1 unspecified atom stereocenters. The monoisotopic (exact) mass is 278 g/mol. The van der Waals surface area contributed by atoms with Crippen LogP contribution in [-0.2, 0) is 6.42 Å². The van der Waals surface area contributed by atoms with Crippen molar-refractivity contribution >= 4 is 6.03 Å². The Kier molecular flexibility index (Phi) is 5.24. The van der Waals surface area contributed by atoms with Crippen molar-refractivity contribution < 1.29 is 14.6 Å². The van der Waals surface area contributed by atoms with Crippen molar-refractivity contribution in [3.8, 4) is 5.75 Å². The number of carbonyl (C=O) groups is 1. The van der Waals surface area contributed by atoms with E-state index in [4.69, 9.17) is 4.74 Å². The summed E-state index contributed by atoms with van der Waals surface area (Å²) >= 11 is 0. The number of nitrogens with zero attached hydrogens (tertiary/aromatic N) is 1. The predicted octanol–water partition coefficient (Wildman–Crippen LogP) is 1.40. The van der Waals surface area contributed by atoms with Crippen molar-refractivity contribution in [2.75, 3.05) is 26.7 Å². The zero-order valence-electron chi connectivity index (χ0n) is 11.8. The minimum atomic E-state index is -0.385. The predicted molar refractivity (Wildman–Crippen MR) is 76.9 cm³/mol. The quantitative estimate of drug-likeness (QED) is 0.875. The Morgan fingerprint density at radius 3 is 3.05 bits per heavy atom. The summed E-state index contributed by atoms with van der Waals surface area (Å²) in [5, 5.41) is 12.5. The second kappa shape index (κ2) is 7.14. The van der Waals surface area contributed by atoms with Gasteiger partial charge in [-0.05, 0) is 30.9 Å². The number of β-amino-alcohol motifs (C(OH)–C–C–N with tert-alkyl or cyclic N) is 1. The number of aliphatic hydroxyl groups is 1. The van der Waals surface area contributed by atoms with Gasteiger partial charge in [0, 0.05) is 19.6 Å². The molecule has 1 aromatic rings. The molecule has 0 bridgehead atoms. The second-order valence-corrected chi connectivity index (χ2v) is 5.04. The zero-order valence-corrected chi connectivity index (χ0v) is 11.8. The van der Waals surface area contributed by atoms with Crippen LogP contribution in [0.1, 0.15) is 18.4 Å². The first-order chi connectivity index (χ1) is 9.70. The number of carbonyl (C=O) groups excluding carboxylic acids is 1. The second-order valence-electron chi connectivity index (χ2n) is 5.04. The van der Waals surface area contributed by atoms with E-state index in [-0.39, 0.29) is 12.1 Å². The maximum absolute atomic E-state index is 12.0. The first-order valence-electron chi connectivity index (χ1n) is 7.03. The largest absolute Gasteiger partial charge is 0.496 e. The summed E-state index contributed by atoms with van der Waals surface area (Å²) in [6, 6.07) is 7.70. The third-order valence-electron chi connectivity index (χ3n) is 3.55. The molecule has 1 aliphatic heterocycles. The number of para-hydroxylation sites is 1. The standard InChI is InChI=1S/C15H22N2O3/c1-20-14-7-3-2-5-12(14)8-9-16-15(19)17-10-4-6-13(18)11-17/h2-3,5,7,13,18H,4,6,8-11H2,1H3,(H,16,19). The molecule has 1 saturated heterocycles. The third-order valence-corrected chi connectivity index (χ3v) is 3.55. The van der Waals surface area contributed by atoms with Gasteiger partial charge in [-0.15, -0.1) is 0 Å². The van der Waals surface area contributed by atoms with Crippen LogP contribution in [0.2, 0.25) is 0 Å². The summed E-state index contributed by atoms with van der Waals surface area (Å²) in [5.41, 5.74) is 1.08. The smallest absolute Gasteiger partial charge is 0.317 e. The number of rotatable bonds is 4. The van der Waals surface area contributed by atoms with Crippen LogP contribution in [-0.4, -0.2) is 48.9 Å². The fraction of sp³-hybridized carbons (Fsp3) is 0.533. The zero-order chi connectivity index (χ0) is 14.4. The summed E-state index contributed by atoms with van der Waals surface area (Å²) in [6.45, 7) is 1.71. The molecule has 2 N–H and O–H groups in total. The lowest BCUT2D eigenvalue weighted by Gasteiger charge is -2.30. The topological polar surface area (TPSA) is 61.8 Å². The Hall–Kier alpha value is -1.75. The molecular weight excluding hydrogens is 256 g/mol. The fourth-order valence-corrected chi connectivity index (χ4v) is 2.46. The minimum Gasteiger partial charge on any atom is -0.496 e. The molecule has 1 atom stereocenters. The van der Waals surface area contributed by atoms with Gasteiger partial charge in [0.25, 0.3) is 0 Å². The molecule has 20 heavy (non-hydrogen) atoms. The lowest BCUT2D eigenvalue weighted by Crippen LogP contribution is -2.47. The fourth-order valence-electron chi connectivity index (χ4n) is 2.46. The number of nitrogens with one attached hydrogen (secondary N) is 1. The Balaban J connectivity index is 1.79. The molecule has 1 heterocycles. The number of likely N-dealkylation sites (tertiary alicyclic amines) is 1. The van der Waals surface area contributed by atoms with E-state index in [0.717, 1.165) is 37.1 Å². The van der Waals surface area contributed by atoms with Crippen LogP contribution in [0.5, 0.6) is 5.75 Å². The van der Waals surface area contributed by atoms with Crippen LogP contribution in [0, 0.1) is 0 Å². The molecule has 5 nitrogen and oxygen atoms in total. The van der Waals surface area contributed by atoms with Crippen molar-refractivity contribution in [3.05, 3.63) is 29.8 Å². The number of ether oxygens (including phenoxy) is 1. The summed E-state index contributed by atoms with van der Waals surface area (Å²) in [6.07, 6.45) is 1.99. The van der Waals surface area contributed by atoms with E-state index in [1.165, 1.54) is 0 Å². The molecular formula is C15H22N2O3. The van der Waals surface area contributed by atoms with Gasteiger partial charge in [0.15, 0.2) is 0 Å². The van der Waals surface area contributed by atoms with Gasteiger partial charge in [0.2, 0.25) is 0 Å². The molecule has 0 radical (unpaired) electrons. The number of amides is 2. The molecule has 1 aliphatic rings. The molecule has 1 fully saturated rings. The molecule has 5 heteroatoms. The van der Waals surface area contributed by atoms with Crippen molar-refractivity contribution in [3.63, 3.8) is 0 Å². The highest BCUT2D eigenvalue weighted by molar-refractivity contribution is 5.74. The maximum atomic E-state index is 12.0. The summed E-state index contributed by atoms with van der Waals surface area (Å²) in [7, 11) is 1.65. The lowest BCUT2D eigenvalue weighted by molar-refractivity contribution is 0.0843. The summed E-state index contributed by atoms with van der Waals surface area (Å²) < 4.78 is 5.28. The highest BCUT2D eigenvalue weighted by Gasteiger charge is 2.21. The van der Waals surface area contributed by atoms with Gasteiger partial charge in [-0.2, -0.15) is 0 Å². The van der Waals surface area contributed by atoms with Crippen LogP contribution in [0.15, 0.2) is 24.3 Å². The molecule has 110 valence electrons. The first kappa shape index (κ1) is 14.7. The van der Waals surface area contributed by atoms with E-state index in [0.29, 0.717) is 13.1 Å². The van der Waals surface area contributed by atoms with Gasteiger partial charge in [-0.1, -0.05) is 18.2 Å². The third kappa shape index (κ3) is 3.87. The Morgan fingerprint density at radius 1 is 1.50 bits per heavy atom. The van der Waals surface area contributed by atoms with Gasteiger partial charge in [0.05, 0.1) is 13.2 Å². The number of methoxy groups -OCH3 is 1. The van der Waals surface area contributed by atoms with E-state index >= 15 is 0 Å². The highest BCUT2D eigenvalue weighted by Crippen LogP contribution is 2.17. The minimum absolute atomic E-state index is 0.0985. The maximum Gasteiger partial charge on any atom is 0.317 e. The number of benzene rings is 1. The molecule has 2 rings (SSSR count). The molecule has 0 spiro atoms. The number of aliphatic hydroxyl groups excluding tert-OH is 1. The van der Waals surface area contributed by atoms with Gasteiger partial charge in [-0.3, -0.25) is 0 Å². The van der Waals surface area contributed by atoms with E-state index in [2.05, 4.69) is 5.32 Å². The van der Waals surface area contributed by atoms with Crippen LogP contribution < -0.4 is 10.1 Å². The molecule has 0 aromatic heterocycles. The average Bonchev–Trinajstić information content (AvgIpc) is 2.47. The number of hydrogen-bond acceptors (Lipinski definition) is 3. The normalized spacial score (nSPS) is 18.7. The van der Waals surface area contributed by atoms with Gasteiger partial charge in [-0.25, -0.2) is 4.79 Å². The van der Waals surface area contributed by atoms with E-state index in [9.17, 15) is 9.90 Å². The summed E-state index contributed by atoms with van der Waals surface area (Å²) in [4.78, 5) is 13.6. The molecule has 1 aromatic carbocycles. The number of urea groups is 1. The number of piperidine rings is 1. The molecule has 0 saturated carbocycles. The van der Waals surface area contributed by atoms with E-state index in [1.54, 1.807) is 12.0 Å². The van der Waals surface area contributed by atoms with Crippen LogP contribution in [0.25, 0.3) is 0 Å². The Morgan fingerprint density at radius 2 is 2.30 bits per heavy atom. The first-order valence-corrected chi connectivity index (χ1v) is 7.03. The average molecular weight is 278 g/mol. The van der Waals surface area contributed by atoms with E-state index < -0.39 is 0 Å². The van der Waals surface area contributed by atoms with Gasteiger partial charge < -0.3 is 20.1 Å². The van der Waals surface area contributed by atoms with Crippen molar-refractivity contribution in [1.29, 1.82) is 0 Å². The Labute approximate surface area is 119 Å². The molecule has 0 aliphatic carbocycles. The highest BCUT2D eigenvalue weighted by atomic mass is 16.5. The van der Waals surface area contributed by atoms with Crippen LogP contribution in [0.4, 0.5) is 4.79 Å².